The van der Waals surface area contributed by atoms with Crippen molar-refractivity contribution >= 4 is 64.0 Å². The van der Waals surface area contributed by atoms with Crippen LogP contribution >= 0.6 is 35.0 Å². The summed E-state index contributed by atoms with van der Waals surface area (Å²) in [5.41, 5.74) is 1.97. The lowest BCUT2D eigenvalue weighted by molar-refractivity contribution is -0.124. The number of hydrogen-bond acceptors (Lipinski definition) is 5. The topological polar surface area (TPSA) is 95.6 Å². The van der Waals surface area contributed by atoms with Crippen LogP contribution in [0.1, 0.15) is 21.5 Å². The van der Waals surface area contributed by atoms with E-state index in [4.69, 9.17) is 23.2 Å². The van der Waals surface area contributed by atoms with Crippen molar-refractivity contribution < 1.29 is 19.2 Å². The van der Waals surface area contributed by atoms with Gasteiger partial charge >= 0.3 is 0 Å². The smallest absolute Gasteiger partial charge is 0.293 e. The standard InChI is InChI=1S/C22H19Cl2N3O4S/c1-13-3-2-4-15(9-13)20(29)26-12-19(28)25-7-8-27-21(30)18(32-22(27)31)10-14-5-6-16(23)11-17(14)24/h2-6,9-11H,7-8,12H2,1H3,(H,25,28)(H,26,29). The molecular formula is C22H19Cl2N3O4S. The summed E-state index contributed by atoms with van der Waals surface area (Å²) >= 11 is 12.8. The summed E-state index contributed by atoms with van der Waals surface area (Å²) in [5, 5.41) is 5.51. The van der Waals surface area contributed by atoms with E-state index in [0.29, 0.717) is 21.2 Å². The highest BCUT2D eigenvalue weighted by Gasteiger charge is 2.34. The molecule has 0 unspecified atom stereocenters. The average molecular weight is 492 g/mol. The van der Waals surface area contributed by atoms with Crippen LogP contribution in [0.5, 0.6) is 0 Å². The van der Waals surface area contributed by atoms with E-state index in [2.05, 4.69) is 10.6 Å². The largest absolute Gasteiger partial charge is 0.353 e. The van der Waals surface area contributed by atoms with Gasteiger partial charge < -0.3 is 10.6 Å². The molecule has 1 aliphatic heterocycles. The zero-order valence-electron chi connectivity index (χ0n) is 17.0. The van der Waals surface area contributed by atoms with Crippen LogP contribution in [0.2, 0.25) is 10.0 Å². The Kier molecular flexibility index (Phi) is 7.95. The first kappa shape index (κ1) is 23.8. The Morgan fingerprint density at radius 2 is 1.88 bits per heavy atom. The summed E-state index contributed by atoms with van der Waals surface area (Å²) in [5.74, 6) is -1.25. The number of carbonyl (C=O) groups excluding carboxylic acids is 4. The highest BCUT2D eigenvalue weighted by Crippen LogP contribution is 2.33. The number of hydrogen-bond donors (Lipinski definition) is 2. The summed E-state index contributed by atoms with van der Waals surface area (Å²) in [7, 11) is 0. The average Bonchev–Trinajstić information content (AvgIpc) is 3.01. The second-order valence-electron chi connectivity index (χ2n) is 6.90. The molecule has 1 saturated heterocycles. The number of rotatable bonds is 7. The van der Waals surface area contributed by atoms with E-state index in [1.54, 1.807) is 36.4 Å². The van der Waals surface area contributed by atoms with Crippen molar-refractivity contribution in [3.05, 3.63) is 74.1 Å². The Morgan fingerprint density at radius 3 is 2.59 bits per heavy atom. The SMILES string of the molecule is Cc1cccc(C(=O)NCC(=O)NCCN2C(=O)SC(=Cc3ccc(Cl)cc3Cl)C2=O)c1. The van der Waals surface area contributed by atoms with Crippen LogP contribution in [0, 0.1) is 6.92 Å². The van der Waals surface area contributed by atoms with Crippen molar-refractivity contribution in [2.24, 2.45) is 0 Å². The maximum Gasteiger partial charge on any atom is 0.293 e. The number of nitrogens with one attached hydrogen (secondary N) is 2. The summed E-state index contributed by atoms with van der Waals surface area (Å²) in [6.07, 6.45) is 1.53. The maximum absolute atomic E-state index is 12.6. The normalized spacial score (nSPS) is 14.7. The predicted octanol–water partition coefficient (Wildman–Crippen LogP) is 3.88. The summed E-state index contributed by atoms with van der Waals surface area (Å²) < 4.78 is 0. The lowest BCUT2D eigenvalue weighted by atomic mass is 10.1. The Hall–Kier alpha value is -2.81. The number of carbonyl (C=O) groups is 4. The minimum atomic E-state index is -0.465. The molecule has 166 valence electrons. The zero-order chi connectivity index (χ0) is 23.3. The number of aryl methyl sites for hydroxylation is 1. The third-order valence-corrected chi connectivity index (χ3v) is 5.94. The molecule has 0 bridgehead atoms. The van der Waals surface area contributed by atoms with Crippen molar-refractivity contribution in [3.63, 3.8) is 0 Å². The van der Waals surface area contributed by atoms with Gasteiger partial charge in [-0.2, -0.15) is 0 Å². The quantitative estimate of drug-likeness (QED) is 0.572. The fourth-order valence-corrected chi connectivity index (χ4v) is 4.19. The molecule has 0 atom stereocenters. The molecule has 1 heterocycles. The van der Waals surface area contributed by atoms with Crippen molar-refractivity contribution in [2.45, 2.75) is 6.92 Å². The highest BCUT2D eigenvalue weighted by molar-refractivity contribution is 8.18. The van der Waals surface area contributed by atoms with E-state index in [1.807, 2.05) is 13.0 Å². The first-order valence-electron chi connectivity index (χ1n) is 9.56. The van der Waals surface area contributed by atoms with Crippen LogP contribution in [-0.4, -0.2) is 47.5 Å². The molecule has 4 amide bonds. The molecule has 7 nitrogen and oxygen atoms in total. The maximum atomic E-state index is 12.6. The van der Waals surface area contributed by atoms with Crippen molar-refractivity contribution in [3.8, 4) is 0 Å². The van der Waals surface area contributed by atoms with Gasteiger partial charge in [0.1, 0.15) is 0 Å². The van der Waals surface area contributed by atoms with Gasteiger partial charge in [0.15, 0.2) is 0 Å². The molecular weight excluding hydrogens is 473 g/mol. The van der Waals surface area contributed by atoms with Gasteiger partial charge in [0.2, 0.25) is 5.91 Å². The van der Waals surface area contributed by atoms with E-state index in [9.17, 15) is 19.2 Å². The number of amides is 4. The Bertz CT molecular complexity index is 1120. The fourth-order valence-electron chi connectivity index (χ4n) is 2.87. The molecule has 32 heavy (non-hydrogen) atoms. The van der Waals surface area contributed by atoms with E-state index in [0.717, 1.165) is 22.2 Å². The lowest BCUT2D eigenvalue weighted by Gasteiger charge is -2.13. The third kappa shape index (κ3) is 6.12. The van der Waals surface area contributed by atoms with Crippen LogP contribution in [0.25, 0.3) is 6.08 Å². The van der Waals surface area contributed by atoms with Crippen LogP contribution < -0.4 is 10.6 Å². The van der Waals surface area contributed by atoms with Crippen LogP contribution in [0.15, 0.2) is 47.4 Å². The number of halogens is 2. The second kappa shape index (κ2) is 10.7. The molecule has 0 aromatic heterocycles. The van der Waals surface area contributed by atoms with Crippen molar-refractivity contribution in [1.29, 1.82) is 0 Å². The van der Waals surface area contributed by atoms with Crippen LogP contribution in [0.4, 0.5) is 4.79 Å². The fraction of sp³-hybridized carbons (Fsp3) is 0.182. The molecule has 1 fully saturated rings. The van der Waals surface area contributed by atoms with Gasteiger partial charge in [-0.3, -0.25) is 24.1 Å². The minimum Gasteiger partial charge on any atom is -0.353 e. The van der Waals surface area contributed by atoms with E-state index < -0.39 is 17.1 Å². The number of imide groups is 1. The molecule has 2 aromatic rings. The molecule has 2 aromatic carbocycles. The number of benzene rings is 2. The highest BCUT2D eigenvalue weighted by atomic mass is 35.5. The molecule has 0 spiro atoms. The first-order chi connectivity index (χ1) is 15.2. The third-order valence-electron chi connectivity index (χ3n) is 4.47. The molecule has 1 aliphatic rings. The molecule has 3 rings (SSSR count). The number of nitrogens with zero attached hydrogens (tertiary/aromatic N) is 1. The van der Waals surface area contributed by atoms with Gasteiger partial charge in [-0.25, -0.2) is 0 Å². The van der Waals surface area contributed by atoms with Gasteiger partial charge in [-0.15, -0.1) is 0 Å². The van der Waals surface area contributed by atoms with Gasteiger partial charge in [0.05, 0.1) is 11.4 Å². The van der Waals surface area contributed by atoms with Crippen molar-refractivity contribution in [1.82, 2.24) is 15.5 Å². The molecule has 0 aliphatic carbocycles. The first-order valence-corrected chi connectivity index (χ1v) is 11.1. The molecule has 10 heteroatoms. The van der Waals surface area contributed by atoms with E-state index in [-0.39, 0.29) is 30.4 Å². The van der Waals surface area contributed by atoms with Gasteiger partial charge in [0.25, 0.3) is 17.1 Å². The Balaban J connectivity index is 1.48. The van der Waals surface area contributed by atoms with E-state index in [1.165, 1.54) is 6.08 Å². The van der Waals surface area contributed by atoms with Crippen molar-refractivity contribution in [2.75, 3.05) is 19.6 Å². The van der Waals surface area contributed by atoms with Crippen LogP contribution in [-0.2, 0) is 9.59 Å². The molecule has 0 radical (unpaired) electrons. The predicted molar refractivity (Wildman–Crippen MR) is 126 cm³/mol. The Labute approximate surface area is 199 Å². The second-order valence-corrected chi connectivity index (χ2v) is 8.74. The number of thioether (sulfide) groups is 1. The Morgan fingerprint density at radius 1 is 1.09 bits per heavy atom. The summed E-state index contributed by atoms with van der Waals surface area (Å²) in [6, 6.07) is 11.8. The molecule has 0 saturated carbocycles. The van der Waals surface area contributed by atoms with E-state index >= 15 is 0 Å². The van der Waals surface area contributed by atoms with Gasteiger partial charge in [-0.05, 0) is 54.6 Å². The van der Waals surface area contributed by atoms with Gasteiger partial charge in [0, 0.05) is 28.7 Å². The lowest BCUT2D eigenvalue weighted by Crippen LogP contribution is -2.41. The monoisotopic (exact) mass is 491 g/mol. The zero-order valence-corrected chi connectivity index (χ0v) is 19.3. The van der Waals surface area contributed by atoms with Gasteiger partial charge in [-0.1, -0.05) is 47.0 Å². The minimum absolute atomic E-state index is 0.00786. The van der Waals surface area contributed by atoms with Crippen LogP contribution in [0.3, 0.4) is 0 Å². The summed E-state index contributed by atoms with van der Waals surface area (Å²) in [6.45, 7) is 1.72. The molecule has 2 N–H and O–H groups in total. The summed E-state index contributed by atoms with van der Waals surface area (Å²) in [4.78, 5) is 50.1.